The SMILES string of the molecule is Fc1cc(CNC2CCCOC2)ccc1Cl. The van der Waals surface area contributed by atoms with Crippen LogP contribution in [0.1, 0.15) is 18.4 Å². The molecule has 0 aliphatic carbocycles. The minimum Gasteiger partial charge on any atom is -0.380 e. The summed E-state index contributed by atoms with van der Waals surface area (Å²) < 4.78 is 18.5. The number of halogens is 2. The van der Waals surface area contributed by atoms with Gasteiger partial charge in [-0.25, -0.2) is 4.39 Å². The van der Waals surface area contributed by atoms with E-state index in [9.17, 15) is 4.39 Å². The second kappa shape index (κ2) is 5.62. The van der Waals surface area contributed by atoms with Gasteiger partial charge in [-0.2, -0.15) is 0 Å². The fourth-order valence-electron chi connectivity index (χ4n) is 1.81. The first-order chi connectivity index (χ1) is 7.75. The van der Waals surface area contributed by atoms with Crippen LogP contribution in [-0.4, -0.2) is 19.3 Å². The molecular weight excluding hydrogens is 229 g/mol. The zero-order valence-corrected chi connectivity index (χ0v) is 9.77. The molecule has 1 saturated heterocycles. The predicted octanol–water partition coefficient (Wildman–Crippen LogP) is 2.75. The quantitative estimate of drug-likeness (QED) is 0.882. The second-order valence-corrected chi connectivity index (χ2v) is 4.45. The van der Waals surface area contributed by atoms with Gasteiger partial charge in [-0.05, 0) is 30.5 Å². The molecule has 88 valence electrons. The summed E-state index contributed by atoms with van der Waals surface area (Å²) in [5.74, 6) is -0.360. The van der Waals surface area contributed by atoms with E-state index in [1.54, 1.807) is 6.07 Å². The average Bonchev–Trinajstić information content (AvgIpc) is 2.32. The molecule has 0 radical (unpaired) electrons. The molecule has 0 saturated carbocycles. The Labute approximate surface area is 99.7 Å². The highest BCUT2D eigenvalue weighted by atomic mass is 35.5. The lowest BCUT2D eigenvalue weighted by atomic mass is 10.1. The monoisotopic (exact) mass is 243 g/mol. The maximum absolute atomic E-state index is 13.2. The van der Waals surface area contributed by atoms with Crippen molar-refractivity contribution >= 4 is 11.6 Å². The van der Waals surface area contributed by atoms with E-state index >= 15 is 0 Å². The highest BCUT2D eigenvalue weighted by Gasteiger charge is 2.12. The number of nitrogens with one attached hydrogen (secondary N) is 1. The van der Waals surface area contributed by atoms with Crippen molar-refractivity contribution in [2.24, 2.45) is 0 Å². The van der Waals surface area contributed by atoms with Crippen molar-refractivity contribution in [1.29, 1.82) is 0 Å². The lowest BCUT2D eigenvalue weighted by molar-refractivity contribution is 0.0699. The van der Waals surface area contributed by atoms with Gasteiger partial charge in [0.1, 0.15) is 5.82 Å². The smallest absolute Gasteiger partial charge is 0.142 e. The van der Waals surface area contributed by atoms with Crippen molar-refractivity contribution < 1.29 is 9.13 Å². The number of rotatable bonds is 3. The van der Waals surface area contributed by atoms with E-state index in [4.69, 9.17) is 16.3 Å². The number of benzene rings is 1. The van der Waals surface area contributed by atoms with Gasteiger partial charge in [-0.15, -0.1) is 0 Å². The van der Waals surface area contributed by atoms with Crippen LogP contribution in [0.25, 0.3) is 0 Å². The van der Waals surface area contributed by atoms with E-state index in [-0.39, 0.29) is 10.8 Å². The van der Waals surface area contributed by atoms with E-state index in [0.717, 1.165) is 31.6 Å². The Bertz CT molecular complexity index is 353. The lowest BCUT2D eigenvalue weighted by Crippen LogP contribution is -2.36. The Balaban J connectivity index is 1.86. The first-order valence-corrected chi connectivity index (χ1v) is 5.88. The Morgan fingerprint density at radius 1 is 1.50 bits per heavy atom. The molecular formula is C12H15ClFNO. The van der Waals surface area contributed by atoms with Crippen molar-refractivity contribution in [3.63, 3.8) is 0 Å². The van der Waals surface area contributed by atoms with Gasteiger partial charge >= 0.3 is 0 Å². The molecule has 1 aromatic carbocycles. The Morgan fingerprint density at radius 3 is 3.06 bits per heavy atom. The summed E-state index contributed by atoms with van der Waals surface area (Å²) in [5, 5.41) is 3.52. The highest BCUT2D eigenvalue weighted by molar-refractivity contribution is 6.30. The molecule has 0 amide bonds. The fraction of sp³-hybridized carbons (Fsp3) is 0.500. The highest BCUT2D eigenvalue weighted by Crippen LogP contribution is 2.16. The standard InChI is InChI=1S/C12H15ClFNO/c13-11-4-3-9(6-12(11)14)7-15-10-2-1-5-16-8-10/h3-4,6,10,15H,1-2,5,7-8H2. The van der Waals surface area contributed by atoms with Gasteiger partial charge in [0, 0.05) is 19.2 Å². The van der Waals surface area contributed by atoms with Crippen LogP contribution >= 0.6 is 11.6 Å². The van der Waals surface area contributed by atoms with Gasteiger partial charge in [0.2, 0.25) is 0 Å². The fourth-order valence-corrected chi connectivity index (χ4v) is 1.93. The van der Waals surface area contributed by atoms with Crippen LogP contribution in [0.2, 0.25) is 5.02 Å². The van der Waals surface area contributed by atoms with Crippen molar-refractivity contribution in [3.8, 4) is 0 Å². The Morgan fingerprint density at radius 2 is 2.38 bits per heavy atom. The van der Waals surface area contributed by atoms with Gasteiger partial charge in [-0.1, -0.05) is 17.7 Å². The van der Waals surface area contributed by atoms with Crippen LogP contribution in [0.5, 0.6) is 0 Å². The van der Waals surface area contributed by atoms with Crippen LogP contribution in [0.3, 0.4) is 0 Å². The molecule has 1 aromatic rings. The van der Waals surface area contributed by atoms with Crippen molar-refractivity contribution in [1.82, 2.24) is 5.32 Å². The first-order valence-electron chi connectivity index (χ1n) is 5.51. The number of ether oxygens (including phenoxy) is 1. The third-order valence-electron chi connectivity index (χ3n) is 2.74. The van der Waals surface area contributed by atoms with Gasteiger partial charge in [0.05, 0.1) is 11.6 Å². The molecule has 1 aliphatic heterocycles. The minimum atomic E-state index is -0.360. The molecule has 2 nitrogen and oxygen atoms in total. The van der Waals surface area contributed by atoms with Crippen LogP contribution in [0.15, 0.2) is 18.2 Å². The molecule has 2 rings (SSSR count). The Kier molecular flexibility index (Phi) is 4.16. The number of hydrogen-bond acceptors (Lipinski definition) is 2. The molecule has 0 bridgehead atoms. The summed E-state index contributed by atoms with van der Waals surface area (Å²) in [4.78, 5) is 0. The molecule has 1 unspecified atom stereocenters. The van der Waals surface area contributed by atoms with Crippen molar-refractivity contribution in [3.05, 3.63) is 34.6 Å². The normalized spacial score (nSPS) is 21.0. The number of hydrogen-bond donors (Lipinski definition) is 1. The second-order valence-electron chi connectivity index (χ2n) is 4.04. The molecule has 1 atom stereocenters. The van der Waals surface area contributed by atoms with Gasteiger partial charge in [0.25, 0.3) is 0 Å². The summed E-state index contributed by atoms with van der Waals surface area (Å²) in [6.07, 6.45) is 2.21. The van der Waals surface area contributed by atoms with E-state index < -0.39 is 0 Å². The molecule has 0 spiro atoms. The zero-order chi connectivity index (χ0) is 11.4. The van der Waals surface area contributed by atoms with Crippen molar-refractivity contribution in [2.45, 2.75) is 25.4 Å². The first kappa shape index (κ1) is 11.8. The molecule has 1 fully saturated rings. The topological polar surface area (TPSA) is 21.3 Å². The van der Waals surface area contributed by atoms with Gasteiger partial charge < -0.3 is 10.1 Å². The van der Waals surface area contributed by atoms with E-state index in [1.165, 1.54) is 6.07 Å². The largest absolute Gasteiger partial charge is 0.380 e. The van der Waals surface area contributed by atoms with E-state index in [2.05, 4.69) is 5.32 Å². The van der Waals surface area contributed by atoms with Crippen LogP contribution in [0.4, 0.5) is 4.39 Å². The zero-order valence-electron chi connectivity index (χ0n) is 9.01. The molecule has 1 N–H and O–H groups in total. The van der Waals surface area contributed by atoms with E-state index in [1.807, 2.05) is 6.07 Å². The van der Waals surface area contributed by atoms with Crippen LogP contribution in [0, 0.1) is 5.82 Å². The van der Waals surface area contributed by atoms with Crippen LogP contribution < -0.4 is 5.32 Å². The average molecular weight is 244 g/mol. The lowest BCUT2D eigenvalue weighted by Gasteiger charge is -2.23. The summed E-state index contributed by atoms with van der Waals surface area (Å²) in [6, 6.07) is 5.28. The Hall–Kier alpha value is -0.640. The van der Waals surface area contributed by atoms with Gasteiger partial charge in [0.15, 0.2) is 0 Å². The molecule has 4 heteroatoms. The summed E-state index contributed by atoms with van der Waals surface area (Å²) in [7, 11) is 0. The van der Waals surface area contributed by atoms with E-state index in [0.29, 0.717) is 12.6 Å². The maximum Gasteiger partial charge on any atom is 0.142 e. The van der Waals surface area contributed by atoms with Crippen LogP contribution in [-0.2, 0) is 11.3 Å². The molecule has 1 aliphatic rings. The minimum absolute atomic E-state index is 0.171. The molecule has 0 aromatic heterocycles. The molecule has 1 heterocycles. The van der Waals surface area contributed by atoms with Gasteiger partial charge in [-0.3, -0.25) is 0 Å². The summed E-state index contributed by atoms with van der Waals surface area (Å²) >= 11 is 5.61. The predicted molar refractivity (Wildman–Crippen MR) is 62.1 cm³/mol. The summed E-state index contributed by atoms with van der Waals surface area (Å²) in [6.45, 7) is 2.26. The molecule has 16 heavy (non-hydrogen) atoms. The summed E-state index contributed by atoms with van der Waals surface area (Å²) in [5.41, 5.74) is 0.910. The third-order valence-corrected chi connectivity index (χ3v) is 3.05. The maximum atomic E-state index is 13.2. The van der Waals surface area contributed by atoms with Crippen molar-refractivity contribution in [2.75, 3.05) is 13.2 Å². The third kappa shape index (κ3) is 3.17.